The van der Waals surface area contributed by atoms with E-state index in [-0.39, 0.29) is 0 Å². The van der Waals surface area contributed by atoms with E-state index in [0.29, 0.717) is 6.61 Å². The van der Waals surface area contributed by atoms with Crippen molar-refractivity contribution in [1.29, 1.82) is 0 Å². The first-order valence-electron chi connectivity index (χ1n) is 9.34. The van der Waals surface area contributed by atoms with E-state index in [2.05, 4.69) is 125 Å². The van der Waals surface area contributed by atoms with Crippen LogP contribution in [0.2, 0.25) is 0 Å². The lowest BCUT2D eigenvalue weighted by atomic mass is 10.2. The summed E-state index contributed by atoms with van der Waals surface area (Å²) in [5.74, 6) is 0. The molecule has 0 aliphatic carbocycles. The molecule has 0 spiro atoms. The Morgan fingerprint density at radius 3 is 1.36 bits per heavy atom. The van der Waals surface area contributed by atoms with Crippen LogP contribution in [-0.2, 0) is 11.0 Å². The molecule has 1 nitrogen and oxygen atoms in total. The van der Waals surface area contributed by atoms with Gasteiger partial charge in [0.2, 0.25) is 0 Å². The van der Waals surface area contributed by atoms with Crippen molar-refractivity contribution in [3.63, 3.8) is 0 Å². The van der Waals surface area contributed by atoms with Crippen LogP contribution in [0.25, 0.3) is 0 Å². The van der Waals surface area contributed by atoms with Gasteiger partial charge < -0.3 is 4.43 Å². The predicted molar refractivity (Wildman–Crippen MR) is 123 cm³/mol. The monoisotopic (exact) mass is 444 g/mol. The molecule has 0 radical (unpaired) electrons. The van der Waals surface area contributed by atoms with Crippen LogP contribution in [0, 0.1) is 0 Å². The molecule has 0 heterocycles. The van der Waals surface area contributed by atoms with Crippen molar-refractivity contribution in [3.05, 3.63) is 125 Å². The Balaban J connectivity index is 1.89. The molecule has 0 bridgehead atoms. The minimum Gasteiger partial charge on any atom is -0.400 e. The number of rotatable bonds is 6. The highest BCUT2D eigenvalue weighted by Crippen LogP contribution is 2.19. The zero-order valence-electron chi connectivity index (χ0n) is 15.5. The third kappa shape index (κ3) is 3.74. The molecule has 0 amide bonds. The van der Waals surface area contributed by atoms with E-state index in [4.69, 9.17) is 4.43 Å². The Bertz CT molecular complexity index is 923. The molecule has 4 aromatic rings. The molecule has 0 N–H and O–H groups in total. The molecular weight excluding hydrogens is 424 g/mol. The van der Waals surface area contributed by atoms with Gasteiger partial charge in [0, 0.05) is 4.47 Å². The van der Waals surface area contributed by atoms with E-state index >= 15 is 0 Å². The summed E-state index contributed by atoms with van der Waals surface area (Å²) in [6.45, 7) is 0.548. The summed E-state index contributed by atoms with van der Waals surface area (Å²) < 4.78 is 8.04. The Morgan fingerprint density at radius 2 is 0.929 bits per heavy atom. The highest BCUT2D eigenvalue weighted by molar-refractivity contribution is 9.10. The van der Waals surface area contributed by atoms with Gasteiger partial charge in [-0.2, -0.15) is 0 Å². The molecule has 0 atom stereocenters. The van der Waals surface area contributed by atoms with E-state index in [1.54, 1.807) is 0 Å². The molecule has 28 heavy (non-hydrogen) atoms. The Kier molecular flexibility index (Phi) is 5.86. The van der Waals surface area contributed by atoms with Crippen molar-refractivity contribution >= 4 is 39.8 Å². The SMILES string of the molecule is Brc1ccccc1CO[Si](c1ccccc1)(c1ccccc1)c1ccccc1. The summed E-state index contributed by atoms with van der Waals surface area (Å²) >= 11 is 3.67. The molecule has 3 heteroatoms. The molecule has 4 aromatic carbocycles. The molecule has 0 aromatic heterocycles. The zero-order valence-corrected chi connectivity index (χ0v) is 18.0. The third-order valence-electron chi connectivity index (χ3n) is 4.94. The van der Waals surface area contributed by atoms with Gasteiger partial charge in [0.25, 0.3) is 8.32 Å². The minimum absolute atomic E-state index is 0.548. The quantitative estimate of drug-likeness (QED) is 0.311. The summed E-state index contributed by atoms with van der Waals surface area (Å²) in [6.07, 6.45) is 0. The van der Waals surface area contributed by atoms with Gasteiger partial charge in [0.1, 0.15) is 0 Å². The van der Waals surface area contributed by atoms with Crippen molar-refractivity contribution < 1.29 is 4.43 Å². The standard InChI is InChI=1S/C25H21BrOSi/c26-25-19-11-10-12-21(25)20-27-28(22-13-4-1-5-14-22,23-15-6-2-7-16-23)24-17-8-3-9-18-24/h1-19H,20H2. The second kappa shape index (κ2) is 8.70. The maximum absolute atomic E-state index is 6.96. The summed E-state index contributed by atoms with van der Waals surface area (Å²) in [7, 11) is -2.65. The fraction of sp³-hybridized carbons (Fsp3) is 0.0400. The largest absolute Gasteiger partial charge is 0.400 e. The van der Waals surface area contributed by atoms with Gasteiger partial charge in [-0.05, 0) is 27.2 Å². The first kappa shape index (κ1) is 18.9. The zero-order chi connectivity index (χ0) is 19.2. The van der Waals surface area contributed by atoms with Crippen LogP contribution in [0.5, 0.6) is 0 Å². The van der Waals surface area contributed by atoms with Gasteiger partial charge in [-0.15, -0.1) is 0 Å². The topological polar surface area (TPSA) is 9.23 Å². The van der Waals surface area contributed by atoms with Crippen LogP contribution in [0.1, 0.15) is 5.56 Å². The lowest BCUT2D eigenvalue weighted by Crippen LogP contribution is -2.69. The highest BCUT2D eigenvalue weighted by Gasteiger charge is 2.41. The van der Waals surface area contributed by atoms with Crippen LogP contribution >= 0.6 is 15.9 Å². The van der Waals surface area contributed by atoms with Crippen molar-refractivity contribution in [1.82, 2.24) is 0 Å². The lowest BCUT2D eigenvalue weighted by molar-refractivity contribution is 0.311. The average Bonchev–Trinajstić information content (AvgIpc) is 2.78. The molecule has 0 aliphatic heterocycles. The number of halogens is 1. The first-order valence-corrected chi connectivity index (χ1v) is 12.0. The van der Waals surface area contributed by atoms with E-state index in [0.717, 1.165) is 10.0 Å². The van der Waals surface area contributed by atoms with Crippen LogP contribution in [0.15, 0.2) is 120 Å². The minimum atomic E-state index is -2.65. The Morgan fingerprint density at radius 1 is 0.536 bits per heavy atom. The third-order valence-corrected chi connectivity index (χ3v) is 9.73. The summed E-state index contributed by atoms with van der Waals surface area (Å²) in [6, 6.07) is 40.3. The molecule has 0 unspecified atom stereocenters. The van der Waals surface area contributed by atoms with Gasteiger partial charge >= 0.3 is 0 Å². The lowest BCUT2D eigenvalue weighted by Gasteiger charge is -2.33. The van der Waals surface area contributed by atoms with Gasteiger partial charge in [0.15, 0.2) is 0 Å². The second-order valence-electron chi connectivity index (χ2n) is 6.66. The fourth-order valence-electron chi connectivity index (χ4n) is 3.57. The maximum Gasteiger partial charge on any atom is 0.288 e. The predicted octanol–water partition coefficient (Wildman–Crippen LogP) is 4.63. The second-order valence-corrected chi connectivity index (χ2v) is 10.9. The van der Waals surface area contributed by atoms with Crippen LogP contribution in [-0.4, -0.2) is 8.32 Å². The molecule has 138 valence electrons. The van der Waals surface area contributed by atoms with Crippen LogP contribution in [0.3, 0.4) is 0 Å². The van der Waals surface area contributed by atoms with Gasteiger partial charge in [0.05, 0.1) is 6.61 Å². The number of hydrogen-bond donors (Lipinski definition) is 0. The smallest absolute Gasteiger partial charge is 0.288 e. The van der Waals surface area contributed by atoms with Gasteiger partial charge in [-0.3, -0.25) is 0 Å². The molecule has 0 fully saturated rings. The summed E-state index contributed by atoms with van der Waals surface area (Å²) in [5.41, 5.74) is 1.15. The summed E-state index contributed by atoms with van der Waals surface area (Å²) in [5, 5.41) is 3.75. The fourth-order valence-corrected chi connectivity index (χ4v) is 7.83. The first-order chi connectivity index (χ1) is 13.8. The molecule has 0 aliphatic rings. The van der Waals surface area contributed by atoms with Gasteiger partial charge in [-0.25, -0.2) is 0 Å². The van der Waals surface area contributed by atoms with E-state index < -0.39 is 8.32 Å². The van der Waals surface area contributed by atoms with E-state index in [1.807, 2.05) is 6.07 Å². The van der Waals surface area contributed by atoms with E-state index in [1.165, 1.54) is 15.6 Å². The Hall–Kier alpha value is -2.46. The molecule has 0 saturated heterocycles. The average molecular weight is 445 g/mol. The van der Waals surface area contributed by atoms with Crippen molar-refractivity contribution in [3.8, 4) is 0 Å². The van der Waals surface area contributed by atoms with Crippen LogP contribution < -0.4 is 15.6 Å². The number of hydrogen-bond acceptors (Lipinski definition) is 1. The van der Waals surface area contributed by atoms with Crippen molar-refractivity contribution in [2.45, 2.75) is 6.61 Å². The maximum atomic E-state index is 6.96. The number of benzene rings is 4. The van der Waals surface area contributed by atoms with Crippen molar-refractivity contribution in [2.24, 2.45) is 0 Å². The molecular formula is C25H21BrOSi. The Labute approximate surface area is 175 Å². The van der Waals surface area contributed by atoms with Gasteiger partial charge in [-0.1, -0.05) is 125 Å². The summed E-state index contributed by atoms with van der Waals surface area (Å²) in [4.78, 5) is 0. The van der Waals surface area contributed by atoms with Crippen LogP contribution in [0.4, 0.5) is 0 Å². The molecule has 0 saturated carbocycles. The normalized spacial score (nSPS) is 11.3. The molecule has 4 rings (SSSR count). The van der Waals surface area contributed by atoms with Crippen molar-refractivity contribution in [2.75, 3.05) is 0 Å². The highest BCUT2D eigenvalue weighted by atomic mass is 79.9. The van der Waals surface area contributed by atoms with E-state index in [9.17, 15) is 0 Å².